The van der Waals surface area contributed by atoms with Crippen molar-refractivity contribution in [2.24, 2.45) is 0 Å². The summed E-state index contributed by atoms with van der Waals surface area (Å²) in [5, 5.41) is 9.09. The van der Waals surface area contributed by atoms with Crippen molar-refractivity contribution < 1.29 is 31.5 Å². The van der Waals surface area contributed by atoms with Crippen LogP contribution in [0.1, 0.15) is 24.5 Å². The molecule has 8 nitrogen and oxygen atoms in total. The molecule has 0 radical (unpaired) electrons. The lowest BCUT2D eigenvalue weighted by atomic mass is 9.92. The third-order valence-corrected chi connectivity index (χ3v) is 8.11. The molecule has 208 valence electrons. The number of carbonyl (C=O) groups excluding carboxylic acids is 1. The minimum atomic E-state index is -5.06. The fourth-order valence-electron chi connectivity index (χ4n) is 5.03. The molecular formula is C26H21F5N6O2S. The predicted octanol–water partition coefficient (Wildman–Crippen LogP) is 5.33. The van der Waals surface area contributed by atoms with E-state index in [0.717, 1.165) is 18.2 Å². The van der Waals surface area contributed by atoms with Crippen molar-refractivity contribution in [1.29, 1.82) is 5.26 Å². The van der Waals surface area contributed by atoms with Gasteiger partial charge in [0, 0.05) is 43.4 Å². The number of hydrogen-bond acceptors (Lipinski definition) is 8. The number of nitrogens with zero attached hydrogens (tertiary/aromatic N) is 5. The van der Waals surface area contributed by atoms with Gasteiger partial charge in [0.15, 0.2) is 5.82 Å². The molecule has 0 spiro atoms. The normalized spacial score (nSPS) is 15.6. The first-order valence-corrected chi connectivity index (χ1v) is 12.7. The second-order valence-electron chi connectivity index (χ2n) is 9.31. The average molecular weight is 577 g/mol. The summed E-state index contributed by atoms with van der Waals surface area (Å²) in [4.78, 5) is 23.3. The molecule has 40 heavy (non-hydrogen) atoms. The minimum absolute atomic E-state index is 0.0130. The van der Waals surface area contributed by atoms with Crippen LogP contribution in [0.15, 0.2) is 18.2 Å². The first kappa shape index (κ1) is 27.3. The zero-order valence-electron chi connectivity index (χ0n) is 21.4. The molecule has 1 saturated heterocycles. The summed E-state index contributed by atoms with van der Waals surface area (Å²) in [6.45, 7) is 1.98. The van der Waals surface area contributed by atoms with Crippen LogP contribution in [0.3, 0.4) is 0 Å². The van der Waals surface area contributed by atoms with Gasteiger partial charge in [0.25, 0.3) is 0 Å². The first-order valence-electron chi connectivity index (χ1n) is 11.9. The van der Waals surface area contributed by atoms with E-state index in [1.54, 1.807) is 18.0 Å². The van der Waals surface area contributed by atoms with E-state index in [-0.39, 0.29) is 61.9 Å². The zero-order chi connectivity index (χ0) is 29.1. The van der Waals surface area contributed by atoms with Gasteiger partial charge in [0.2, 0.25) is 5.91 Å². The summed E-state index contributed by atoms with van der Waals surface area (Å²) >= 11 is 0.688. The Bertz CT molecular complexity index is 1730. The average Bonchev–Trinajstić information content (AvgIpc) is 3.52. The molecule has 5 rings (SSSR count). The summed E-state index contributed by atoms with van der Waals surface area (Å²) in [5.41, 5.74) is 2.55. The van der Waals surface area contributed by atoms with Crippen LogP contribution in [-0.2, 0) is 11.0 Å². The standard InChI is InChI=1S/C26H21F5N6O2S/c1-11(38)36(2)12-6-7-37(10-12)24-14-8-16(26(29,30)31)19(20(28)21(14)34-25(35-24)39-3)13-4-5-17(27)22-18(13)15(9-32)23(33)40-22/h4-5,8,12H,6-7,10,33H2,1-3H3. The highest BCUT2D eigenvalue weighted by Crippen LogP contribution is 2.48. The number of nitrogens with two attached hydrogens (primary N) is 1. The third-order valence-electron chi connectivity index (χ3n) is 7.08. The van der Waals surface area contributed by atoms with Crippen LogP contribution in [0.4, 0.5) is 32.8 Å². The van der Waals surface area contributed by atoms with Gasteiger partial charge in [-0.05, 0) is 24.1 Å². The van der Waals surface area contributed by atoms with Crippen molar-refractivity contribution in [3.63, 3.8) is 0 Å². The smallest absolute Gasteiger partial charge is 0.417 e. The van der Waals surface area contributed by atoms with E-state index in [1.807, 2.05) is 0 Å². The van der Waals surface area contributed by atoms with Crippen molar-refractivity contribution in [3.8, 4) is 23.2 Å². The van der Waals surface area contributed by atoms with E-state index in [0.29, 0.717) is 24.3 Å². The van der Waals surface area contributed by atoms with Gasteiger partial charge in [0.1, 0.15) is 28.2 Å². The number of thiophene rings is 1. The number of amides is 1. The van der Waals surface area contributed by atoms with E-state index in [1.165, 1.54) is 18.9 Å². The van der Waals surface area contributed by atoms with Crippen molar-refractivity contribution in [2.45, 2.75) is 25.6 Å². The van der Waals surface area contributed by atoms with Gasteiger partial charge in [-0.1, -0.05) is 6.07 Å². The van der Waals surface area contributed by atoms with Crippen LogP contribution in [-0.4, -0.2) is 54.1 Å². The Balaban J connectivity index is 1.82. The van der Waals surface area contributed by atoms with Gasteiger partial charge in [-0.25, -0.2) is 8.78 Å². The molecule has 2 aromatic heterocycles. The number of halogens is 5. The summed E-state index contributed by atoms with van der Waals surface area (Å²) < 4.78 is 79.7. The molecule has 1 unspecified atom stereocenters. The summed E-state index contributed by atoms with van der Waals surface area (Å²) in [6.07, 6.45) is -4.54. The van der Waals surface area contributed by atoms with E-state index < -0.39 is 34.5 Å². The molecule has 1 aliphatic rings. The van der Waals surface area contributed by atoms with E-state index >= 15 is 4.39 Å². The summed E-state index contributed by atoms with van der Waals surface area (Å²) in [7, 11) is 2.86. The molecule has 1 fully saturated rings. The monoisotopic (exact) mass is 576 g/mol. The maximum atomic E-state index is 16.4. The fraction of sp³-hybridized carbons (Fsp3) is 0.308. The Morgan fingerprint density at radius 1 is 1.30 bits per heavy atom. The molecule has 1 atom stereocenters. The van der Waals surface area contributed by atoms with Crippen molar-refractivity contribution in [2.75, 3.05) is 37.9 Å². The molecule has 1 aliphatic heterocycles. The van der Waals surface area contributed by atoms with Crippen LogP contribution < -0.4 is 15.4 Å². The Morgan fingerprint density at radius 3 is 2.65 bits per heavy atom. The lowest BCUT2D eigenvalue weighted by Crippen LogP contribution is -2.37. The van der Waals surface area contributed by atoms with Gasteiger partial charge in [-0.3, -0.25) is 4.79 Å². The molecule has 2 aromatic carbocycles. The number of ether oxygens (including phenoxy) is 1. The van der Waals surface area contributed by atoms with Crippen LogP contribution in [0.5, 0.6) is 6.01 Å². The SMILES string of the molecule is COc1nc(N2CCC(N(C)C(C)=O)C2)c2cc(C(F)(F)F)c(-c3ccc(F)c4sc(N)c(C#N)c34)c(F)c2n1. The molecule has 0 bridgehead atoms. The Labute approximate surface area is 228 Å². The Morgan fingerprint density at radius 2 is 2.02 bits per heavy atom. The first-order chi connectivity index (χ1) is 18.9. The highest BCUT2D eigenvalue weighted by Gasteiger charge is 2.39. The zero-order valence-corrected chi connectivity index (χ0v) is 22.2. The number of anilines is 2. The minimum Gasteiger partial charge on any atom is -0.467 e. The number of rotatable bonds is 4. The number of benzene rings is 2. The number of aromatic nitrogens is 2. The van der Waals surface area contributed by atoms with Crippen LogP contribution in [0.25, 0.3) is 32.1 Å². The summed E-state index contributed by atoms with van der Waals surface area (Å²) in [6, 6.07) is 3.92. The number of carbonyl (C=O) groups is 1. The van der Waals surface area contributed by atoms with E-state index in [9.17, 15) is 27.6 Å². The molecule has 1 amide bonds. The quantitative estimate of drug-likeness (QED) is 0.327. The lowest BCUT2D eigenvalue weighted by Gasteiger charge is -2.25. The van der Waals surface area contributed by atoms with Crippen LogP contribution in [0.2, 0.25) is 0 Å². The predicted molar refractivity (Wildman–Crippen MR) is 140 cm³/mol. The third kappa shape index (κ3) is 4.30. The highest BCUT2D eigenvalue weighted by atomic mass is 32.1. The number of hydrogen-bond donors (Lipinski definition) is 1. The maximum Gasteiger partial charge on any atom is 0.417 e. The Hall–Kier alpha value is -4.25. The van der Waals surface area contributed by atoms with Gasteiger partial charge in [-0.15, -0.1) is 11.3 Å². The number of methoxy groups -OCH3 is 1. The molecule has 3 heterocycles. The van der Waals surface area contributed by atoms with Gasteiger partial charge >= 0.3 is 12.2 Å². The highest BCUT2D eigenvalue weighted by molar-refractivity contribution is 7.23. The fourth-order valence-corrected chi connectivity index (χ4v) is 5.98. The van der Waals surface area contributed by atoms with E-state index in [2.05, 4.69) is 9.97 Å². The number of nitriles is 1. The lowest BCUT2D eigenvalue weighted by molar-refractivity contribution is -0.137. The van der Waals surface area contributed by atoms with Gasteiger partial charge in [0.05, 0.1) is 29.0 Å². The van der Waals surface area contributed by atoms with Crippen LogP contribution >= 0.6 is 11.3 Å². The Kier molecular flexibility index (Phi) is 6.65. The number of alkyl halides is 3. The molecule has 2 N–H and O–H groups in total. The summed E-state index contributed by atoms with van der Waals surface area (Å²) in [5.74, 6) is -2.32. The van der Waals surface area contributed by atoms with Gasteiger partial charge in [-0.2, -0.15) is 28.4 Å². The number of nitrogen functional groups attached to an aromatic ring is 1. The molecular weight excluding hydrogens is 555 g/mol. The second kappa shape index (κ2) is 9.74. The number of fused-ring (bicyclic) bond motifs is 2. The van der Waals surface area contributed by atoms with E-state index in [4.69, 9.17) is 10.5 Å². The molecule has 0 aliphatic carbocycles. The number of likely N-dealkylation sites (N-methyl/N-ethyl adjacent to an activating group) is 1. The topological polar surface area (TPSA) is 108 Å². The largest absolute Gasteiger partial charge is 0.467 e. The van der Waals surface area contributed by atoms with Crippen molar-refractivity contribution in [1.82, 2.24) is 14.9 Å². The van der Waals surface area contributed by atoms with Crippen molar-refractivity contribution in [3.05, 3.63) is 41.0 Å². The molecule has 0 saturated carbocycles. The maximum absolute atomic E-state index is 16.4. The second-order valence-corrected chi connectivity index (χ2v) is 10.4. The van der Waals surface area contributed by atoms with Gasteiger partial charge < -0.3 is 20.3 Å². The molecule has 14 heteroatoms. The van der Waals surface area contributed by atoms with Crippen molar-refractivity contribution >= 4 is 49.1 Å². The van der Waals surface area contributed by atoms with Crippen LogP contribution in [0, 0.1) is 23.0 Å². The molecule has 4 aromatic rings.